The van der Waals surface area contributed by atoms with Gasteiger partial charge in [0.25, 0.3) is 5.91 Å². The Morgan fingerprint density at radius 3 is 2.64 bits per heavy atom. The van der Waals surface area contributed by atoms with E-state index in [9.17, 15) is 9.59 Å². The van der Waals surface area contributed by atoms with Crippen LogP contribution in [-0.2, 0) is 20.9 Å². The summed E-state index contributed by atoms with van der Waals surface area (Å²) in [6.07, 6.45) is 6.74. The first-order valence-electron chi connectivity index (χ1n) is 10.2. The number of carbonyl (C=O) groups excluding carboxylic acids is 2. The van der Waals surface area contributed by atoms with Crippen LogP contribution in [0.15, 0.2) is 24.3 Å². The minimum Gasteiger partial charge on any atom is -0.368 e. The topological polar surface area (TPSA) is 79.5 Å². The third-order valence-electron chi connectivity index (χ3n) is 5.95. The summed E-state index contributed by atoms with van der Waals surface area (Å²) < 4.78 is 5.41. The summed E-state index contributed by atoms with van der Waals surface area (Å²) in [5.41, 5.74) is 1.73. The molecule has 3 fully saturated rings. The van der Waals surface area contributed by atoms with E-state index in [4.69, 9.17) is 4.74 Å². The molecule has 3 aliphatic heterocycles. The number of nitrogens with one attached hydrogen (secondary N) is 3. The average Bonchev–Trinajstić information content (AvgIpc) is 3.30. The fourth-order valence-electron chi connectivity index (χ4n) is 4.64. The van der Waals surface area contributed by atoms with Gasteiger partial charge in [0, 0.05) is 37.3 Å². The number of benzene rings is 1. The molecule has 3 saturated heterocycles. The lowest BCUT2D eigenvalue weighted by Crippen LogP contribution is -2.39. The van der Waals surface area contributed by atoms with Crippen LogP contribution < -0.4 is 16.0 Å². The number of hydrogen-bond acceptors (Lipinski definition) is 4. The van der Waals surface area contributed by atoms with E-state index >= 15 is 0 Å². The standard InChI is InChI=1S/C21H29N3O3.ClH/c25-20(12-15-10-17-6-7-18(11-15)23-17)22-13-14-3-1-4-16(9-14)24-21(26)19-5-2-8-27-19;/h1,3-4,9,15,17-19,23H,2,5-8,10-13H2,(H,22,25)(H,24,26);1H. The molecule has 154 valence electrons. The maximum Gasteiger partial charge on any atom is 0.253 e. The Morgan fingerprint density at radius 1 is 1.14 bits per heavy atom. The van der Waals surface area contributed by atoms with Crippen molar-refractivity contribution >= 4 is 29.9 Å². The van der Waals surface area contributed by atoms with Crippen LogP contribution in [0.25, 0.3) is 0 Å². The third kappa shape index (κ3) is 5.46. The minimum atomic E-state index is -0.339. The van der Waals surface area contributed by atoms with E-state index in [2.05, 4.69) is 16.0 Å². The van der Waals surface area contributed by atoms with Gasteiger partial charge in [0.1, 0.15) is 6.10 Å². The second kappa shape index (κ2) is 9.72. The van der Waals surface area contributed by atoms with Crippen molar-refractivity contribution in [2.45, 2.75) is 69.7 Å². The lowest BCUT2D eigenvalue weighted by atomic mass is 9.89. The van der Waals surface area contributed by atoms with Gasteiger partial charge < -0.3 is 20.7 Å². The van der Waals surface area contributed by atoms with E-state index in [0.29, 0.717) is 37.6 Å². The van der Waals surface area contributed by atoms with Gasteiger partial charge in [-0.05, 0) is 62.1 Å². The normalized spacial score (nSPS) is 28.4. The molecule has 0 aromatic heterocycles. The van der Waals surface area contributed by atoms with Crippen LogP contribution in [0.3, 0.4) is 0 Å². The number of piperidine rings is 1. The Balaban J connectivity index is 0.00000225. The first kappa shape index (κ1) is 21.1. The Labute approximate surface area is 172 Å². The molecular formula is C21H30ClN3O3. The molecule has 0 aliphatic carbocycles. The molecular weight excluding hydrogens is 378 g/mol. The van der Waals surface area contributed by atoms with E-state index in [1.54, 1.807) is 0 Å². The zero-order chi connectivity index (χ0) is 18.6. The van der Waals surface area contributed by atoms with Gasteiger partial charge in [0.15, 0.2) is 0 Å². The first-order valence-corrected chi connectivity index (χ1v) is 10.2. The molecule has 1 aromatic rings. The number of fused-ring (bicyclic) bond motifs is 2. The fourth-order valence-corrected chi connectivity index (χ4v) is 4.64. The van der Waals surface area contributed by atoms with Gasteiger partial charge in [-0.25, -0.2) is 0 Å². The second-order valence-electron chi connectivity index (χ2n) is 8.15. The average molecular weight is 408 g/mol. The summed E-state index contributed by atoms with van der Waals surface area (Å²) in [4.78, 5) is 24.5. The van der Waals surface area contributed by atoms with Crippen molar-refractivity contribution in [3.63, 3.8) is 0 Å². The van der Waals surface area contributed by atoms with E-state index in [1.165, 1.54) is 12.8 Å². The molecule has 28 heavy (non-hydrogen) atoms. The summed E-state index contributed by atoms with van der Waals surface area (Å²) >= 11 is 0. The highest BCUT2D eigenvalue weighted by molar-refractivity contribution is 5.94. The summed E-state index contributed by atoms with van der Waals surface area (Å²) in [6, 6.07) is 8.88. The fraction of sp³-hybridized carbons (Fsp3) is 0.619. The van der Waals surface area contributed by atoms with Crippen molar-refractivity contribution in [3.05, 3.63) is 29.8 Å². The number of anilines is 1. The molecule has 3 heterocycles. The van der Waals surface area contributed by atoms with E-state index in [0.717, 1.165) is 36.9 Å². The molecule has 3 aliphatic rings. The van der Waals surface area contributed by atoms with Crippen molar-refractivity contribution in [2.24, 2.45) is 5.92 Å². The maximum absolute atomic E-state index is 12.3. The highest BCUT2D eigenvalue weighted by atomic mass is 35.5. The molecule has 2 amide bonds. The van der Waals surface area contributed by atoms with Crippen molar-refractivity contribution in [3.8, 4) is 0 Å². The van der Waals surface area contributed by atoms with Crippen molar-refractivity contribution in [1.29, 1.82) is 0 Å². The molecule has 0 saturated carbocycles. The number of carbonyl (C=O) groups is 2. The Hall–Kier alpha value is -1.63. The third-order valence-corrected chi connectivity index (χ3v) is 5.95. The quantitative estimate of drug-likeness (QED) is 0.677. The molecule has 6 nitrogen and oxygen atoms in total. The summed E-state index contributed by atoms with van der Waals surface area (Å²) in [5.74, 6) is 0.533. The van der Waals surface area contributed by atoms with Crippen molar-refractivity contribution in [2.75, 3.05) is 11.9 Å². The minimum absolute atomic E-state index is 0. The van der Waals surface area contributed by atoms with Gasteiger partial charge in [0.2, 0.25) is 5.91 Å². The van der Waals surface area contributed by atoms with Gasteiger partial charge in [0.05, 0.1) is 0 Å². The Morgan fingerprint density at radius 2 is 1.93 bits per heavy atom. The maximum atomic E-state index is 12.3. The predicted octanol–water partition coefficient (Wildman–Crippen LogP) is 2.76. The van der Waals surface area contributed by atoms with Gasteiger partial charge >= 0.3 is 0 Å². The second-order valence-corrected chi connectivity index (χ2v) is 8.15. The van der Waals surface area contributed by atoms with Crippen LogP contribution in [0.1, 0.15) is 50.5 Å². The largest absolute Gasteiger partial charge is 0.368 e. The van der Waals surface area contributed by atoms with Crippen LogP contribution in [0.5, 0.6) is 0 Å². The van der Waals surface area contributed by atoms with Crippen LogP contribution >= 0.6 is 12.4 Å². The molecule has 2 bridgehead atoms. The highest BCUT2D eigenvalue weighted by Gasteiger charge is 2.34. The van der Waals surface area contributed by atoms with Crippen LogP contribution in [0, 0.1) is 5.92 Å². The molecule has 1 aromatic carbocycles. The van der Waals surface area contributed by atoms with Crippen LogP contribution in [-0.4, -0.2) is 36.6 Å². The molecule has 0 spiro atoms. The monoisotopic (exact) mass is 407 g/mol. The highest BCUT2D eigenvalue weighted by Crippen LogP contribution is 2.32. The molecule has 7 heteroatoms. The predicted molar refractivity (Wildman–Crippen MR) is 110 cm³/mol. The molecule has 0 radical (unpaired) electrons. The zero-order valence-corrected chi connectivity index (χ0v) is 16.9. The molecule has 3 atom stereocenters. The summed E-state index contributed by atoms with van der Waals surface area (Å²) in [5, 5.41) is 9.56. The number of halogens is 1. The van der Waals surface area contributed by atoms with Crippen LogP contribution in [0.4, 0.5) is 5.69 Å². The zero-order valence-electron chi connectivity index (χ0n) is 16.1. The van der Waals surface area contributed by atoms with Crippen molar-refractivity contribution < 1.29 is 14.3 Å². The van der Waals surface area contributed by atoms with E-state index in [1.807, 2.05) is 24.3 Å². The van der Waals surface area contributed by atoms with Gasteiger partial charge in [-0.3, -0.25) is 9.59 Å². The molecule has 3 unspecified atom stereocenters. The van der Waals surface area contributed by atoms with Gasteiger partial charge in [-0.1, -0.05) is 12.1 Å². The molecule has 4 rings (SSSR count). The lowest BCUT2D eigenvalue weighted by Gasteiger charge is -2.28. The smallest absolute Gasteiger partial charge is 0.253 e. The molecule has 3 N–H and O–H groups in total. The van der Waals surface area contributed by atoms with Crippen LogP contribution in [0.2, 0.25) is 0 Å². The summed E-state index contributed by atoms with van der Waals surface area (Å²) in [6.45, 7) is 1.14. The van der Waals surface area contributed by atoms with E-state index in [-0.39, 0.29) is 30.3 Å². The van der Waals surface area contributed by atoms with Crippen molar-refractivity contribution in [1.82, 2.24) is 10.6 Å². The Kier molecular flexibility index (Phi) is 7.32. The van der Waals surface area contributed by atoms with Gasteiger partial charge in [-0.15, -0.1) is 12.4 Å². The number of rotatable bonds is 6. The SMILES string of the molecule is Cl.O=C(CC1CC2CCC(C1)N2)NCc1cccc(NC(=O)C2CCCO2)c1. The first-order chi connectivity index (χ1) is 13.2. The number of hydrogen-bond donors (Lipinski definition) is 3. The summed E-state index contributed by atoms with van der Waals surface area (Å²) in [7, 11) is 0. The lowest BCUT2D eigenvalue weighted by molar-refractivity contribution is -0.124. The number of ether oxygens (including phenoxy) is 1. The van der Waals surface area contributed by atoms with E-state index < -0.39 is 0 Å². The Bertz CT molecular complexity index is 681. The van der Waals surface area contributed by atoms with Gasteiger partial charge in [-0.2, -0.15) is 0 Å². The number of amides is 2.